The Morgan fingerprint density at radius 2 is 2.25 bits per heavy atom. The second kappa shape index (κ2) is 6.42. The normalized spacial score (nSPS) is 9.94. The van der Waals surface area contributed by atoms with Gasteiger partial charge in [-0.15, -0.1) is 0 Å². The van der Waals surface area contributed by atoms with Crippen LogP contribution in [0, 0.1) is 6.92 Å². The van der Waals surface area contributed by atoms with Crippen LogP contribution in [0.15, 0.2) is 10.7 Å². The number of aryl methyl sites for hydroxylation is 1. The number of rotatable bonds is 5. The molecule has 1 aromatic rings. The van der Waals surface area contributed by atoms with Crippen molar-refractivity contribution in [2.45, 2.75) is 20.3 Å². The average molecular weight is 287 g/mol. The number of hydrogen-bond acceptors (Lipinski definition) is 4. The summed E-state index contributed by atoms with van der Waals surface area (Å²) in [5.41, 5.74) is 0. The van der Waals surface area contributed by atoms with E-state index in [9.17, 15) is 4.79 Å². The molecule has 0 aromatic carbocycles. The number of carbonyl (C=O) groups excluding carboxylic acids is 1. The first-order chi connectivity index (χ1) is 7.61. The molecule has 0 bridgehead atoms. The highest BCUT2D eigenvalue weighted by molar-refractivity contribution is 9.10. The predicted molar refractivity (Wildman–Crippen MR) is 66.3 cm³/mol. The van der Waals surface area contributed by atoms with Gasteiger partial charge in [-0.3, -0.25) is 4.79 Å². The lowest BCUT2D eigenvalue weighted by Gasteiger charge is -2.06. The number of anilines is 1. The van der Waals surface area contributed by atoms with Crippen LogP contribution in [0.4, 0.5) is 5.82 Å². The van der Waals surface area contributed by atoms with E-state index in [1.165, 1.54) is 0 Å². The molecule has 2 N–H and O–H groups in total. The number of hydrogen-bond donors (Lipinski definition) is 2. The molecule has 1 heterocycles. The second-order valence-corrected chi connectivity index (χ2v) is 4.14. The molecule has 0 unspecified atom stereocenters. The number of aromatic nitrogens is 2. The molecule has 5 nitrogen and oxygen atoms in total. The molecule has 88 valence electrons. The first kappa shape index (κ1) is 12.9. The van der Waals surface area contributed by atoms with E-state index in [0.29, 0.717) is 22.8 Å². The molecular formula is C10H15BrN4O. The number of nitrogens with one attached hydrogen (secondary N) is 2. The van der Waals surface area contributed by atoms with Crippen molar-refractivity contribution in [2.75, 3.05) is 18.4 Å². The van der Waals surface area contributed by atoms with Crippen LogP contribution in [0.5, 0.6) is 0 Å². The molecule has 1 aromatic heterocycles. The quantitative estimate of drug-likeness (QED) is 0.805. The highest BCUT2D eigenvalue weighted by Crippen LogP contribution is 2.11. The van der Waals surface area contributed by atoms with E-state index in [1.54, 1.807) is 13.0 Å². The Morgan fingerprint density at radius 1 is 1.50 bits per heavy atom. The van der Waals surface area contributed by atoms with Gasteiger partial charge >= 0.3 is 0 Å². The van der Waals surface area contributed by atoms with Gasteiger partial charge in [-0.25, -0.2) is 9.97 Å². The van der Waals surface area contributed by atoms with Crippen molar-refractivity contribution in [3.8, 4) is 0 Å². The Hall–Kier alpha value is -1.17. The smallest absolute Gasteiger partial charge is 0.239 e. The minimum Gasteiger partial charge on any atom is -0.361 e. The van der Waals surface area contributed by atoms with Gasteiger partial charge in [0.15, 0.2) is 0 Å². The summed E-state index contributed by atoms with van der Waals surface area (Å²) in [4.78, 5) is 19.5. The Bertz CT molecular complexity index is 350. The van der Waals surface area contributed by atoms with Crippen molar-refractivity contribution >= 4 is 27.7 Å². The molecule has 0 fully saturated rings. The molecule has 0 aliphatic rings. The third-order valence-corrected chi connectivity index (χ3v) is 2.22. The van der Waals surface area contributed by atoms with E-state index in [1.807, 2.05) is 6.92 Å². The SMILES string of the molecule is CCCNC(=O)CNc1cc(Br)nc(C)n1. The zero-order valence-electron chi connectivity index (χ0n) is 9.38. The largest absolute Gasteiger partial charge is 0.361 e. The summed E-state index contributed by atoms with van der Waals surface area (Å²) >= 11 is 3.27. The molecule has 0 aliphatic carbocycles. The van der Waals surface area contributed by atoms with E-state index >= 15 is 0 Å². The fourth-order valence-corrected chi connectivity index (χ4v) is 1.59. The van der Waals surface area contributed by atoms with Gasteiger partial charge in [-0.1, -0.05) is 6.92 Å². The van der Waals surface area contributed by atoms with Crippen molar-refractivity contribution < 1.29 is 4.79 Å². The molecule has 0 radical (unpaired) electrons. The zero-order valence-corrected chi connectivity index (χ0v) is 11.0. The fraction of sp³-hybridized carbons (Fsp3) is 0.500. The number of carbonyl (C=O) groups is 1. The van der Waals surface area contributed by atoms with Gasteiger partial charge in [0.25, 0.3) is 0 Å². The van der Waals surface area contributed by atoms with Crippen LogP contribution in [-0.4, -0.2) is 29.0 Å². The maximum Gasteiger partial charge on any atom is 0.239 e. The molecule has 0 aliphatic heterocycles. The monoisotopic (exact) mass is 286 g/mol. The Kier molecular flexibility index (Phi) is 5.18. The topological polar surface area (TPSA) is 66.9 Å². The van der Waals surface area contributed by atoms with Crippen molar-refractivity contribution in [1.82, 2.24) is 15.3 Å². The number of amides is 1. The number of halogens is 1. The van der Waals surface area contributed by atoms with Crippen molar-refractivity contribution in [3.63, 3.8) is 0 Å². The van der Waals surface area contributed by atoms with Crippen LogP contribution in [0.3, 0.4) is 0 Å². The second-order valence-electron chi connectivity index (χ2n) is 3.33. The van der Waals surface area contributed by atoms with Gasteiger partial charge < -0.3 is 10.6 Å². The van der Waals surface area contributed by atoms with Crippen LogP contribution >= 0.6 is 15.9 Å². The summed E-state index contributed by atoms with van der Waals surface area (Å²) in [6, 6.07) is 1.74. The minimum absolute atomic E-state index is 0.0331. The molecule has 1 amide bonds. The van der Waals surface area contributed by atoms with Crippen LogP contribution in [0.2, 0.25) is 0 Å². The van der Waals surface area contributed by atoms with E-state index in [2.05, 4.69) is 36.5 Å². The standard InChI is InChI=1S/C10H15BrN4O/c1-3-4-12-10(16)6-13-9-5-8(11)14-7(2)15-9/h5H,3-4,6H2,1-2H3,(H,12,16)(H,13,14,15). The van der Waals surface area contributed by atoms with Crippen LogP contribution in [0.1, 0.15) is 19.2 Å². The van der Waals surface area contributed by atoms with Gasteiger partial charge in [-0.05, 0) is 29.3 Å². The van der Waals surface area contributed by atoms with Crippen LogP contribution in [-0.2, 0) is 4.79 Å². The van der Waals surface area contributed by atoms with Crippen molar-refractivity contribution in [1.29, 1.82) is 0 Å². The first-order valence-electron chi connectivity index (χ1n) is 5.13. The molecule has 6 heteroatoms. The van der Waals surface area contributed by atoms with Crippen molar-refractivity contribution in [3.05, 3.63) is 16.5 Å². The summed E-state index contributed by atoms with van der Waals surface area (Å²) in [6.45, 7) is 4.74. The lowest BCUT2D eigenvalue weighted by molar-refractivity contribution is -0.119. The Labute approximate surface area is 103 Å². The lowest BCUT2D eigenvalue weighted by atomic mass is 10.4. The summed E-state index contributed by atoms with van der Waals surface area (Å²) in [5.74, 6) is 1.27. The molecule has 0 atom stereocenters. The maximum absolute atomic E-state index is 11.3. The average Bonchev–Trinajstić information content (AvgIpc) is 2.22. The maximum atomic E-state index is 11.3. The van der Waals surface area contributed by atoms with Gasteiger partial charge in [-0.2, -0.15) is 0 Å². The lowest BCUT2D eigenvalue weighted by Crippen LogP contribution is -2.30. The van der Waals surface area contributed by atoms with E-state index in [0.717, 1.165) is 6.42 Å². The van der Waals surface area contributed by atoms with E-state index in [-0.39, 0.29) is 12.5 Å². The minimum atomic E-state index is -0.0331. The number of nitrogens with zero attached hydrogens (tertiary/aromatic N) is 2. The van der Waals surface area contributed by atoms with Crippen LogP contribution in [0.25, 0.3) is 0 Å². The molecular weight excluding hydrogens is 272 g/mol. The van der Waals surface area contributed by atoms with E-state index in [4.69, 9.17) is 0 Å². The van der Waals surface area contributed by atoms with Crippen molar-refractivity contribution in [2.24, 2.45) is 0 Å². The fourth-order valence-electron chi connectivity index (χ4n) is 1.12. The Balaban J connectivity index is 2.45. The van der Waals surface area contributed by atoms with Gasteiger partial charge in [0.1, 0.15) is 16.2 Å². The Morgan fingerprint density at radius 3 is 2.88 bits per heavy atom. The van der Waals surface area contributed by atoms with Crippen LogP contribution < -0.4 is 10.6 Å². The molecule has 16 heavy (non-hydrogen) atoms. The summed E-state index contributed by atoms with van der Waals surface area (Å²) in [5, 5.41) is 5.72. The molecule has 1 rings (SSSR count). The molecule has 0 saturated heterocycles. The third-order valence-electron chi connectivity index (χ3n) is 1.81. The molecule has 0 saturated carbocycles. The summed E-state index contributed by atoms with van der Waals surface area (Å²) in [6.07, 6.45) is 0.934. The van der Waals surface area contributed by atoms with E-state index < -0.39 is 0 Å². The summed E-state index contributed by atoms with van der Waals surface area (Å²) < 4.78 is 0.705. The third kappa shape index (κ3) is 4.57. The summed E-state index contributed by atoms with van der Waals surface area (Å²) in [7, 11) is 0. The first-order valence-corrected chi connectivity index (χ1v) is 5.93. The molecule has 0 spiro atoms. The zero-order chi connectivity index (χ0) is 12.0. The van der Waals surface area contributed by atoms with Gasteiger partial charge in [0.2, 0.25) is 5.91 Å². The van der Waals surface area contributed by atoms with Gasteiger partial charge in [0, 0.05) is 12.6 Å². The van der Waals surface area contributed by atoms with Gasteiger partial charge in [0.05, 0.1) is 6.54 Å². The highest BCUT2D eigenvalue weighted by atomic mass is 79.9. The highest BCUT2D eigenvalue weighted by Gasteiger charge is 2.02. The predicted octanol–water partition coefficient (Wildman–Crippen LogP) is 1.49.